The number of carbonyl (C=O) groups excluding carboxylic acids is 2. The predicted octanol–water partition coefficient (Wildman–Crippen LogP) is 4.14. The van der Waals surface area contributed by atoms with Crippen LogP contribution >= 0.6 is 0 Å². The first-order valence-electron chi connectivity index (χ1n) is 10.9. The summed E-state index contributed by atoms with van der Waals surface area (Å²) >= 11 is 0. The van der Waals surface area contributed by atoms with Gasteiger partial charge in [-0.25, -0.2) is 0 Å². The third-order valence-electron chi connectivity index (χ3n) is 6.07. The lowest BCUT2D eigenvalue weighted by Crippen LogP contribution is -2.34. The van der Waals surface area contributed by atoms with Gasteiger partial charge in [0.05, 0.1) is 29.0 Å². The van der Waals surface area contributed by atoms with Gasteiger partial charge in [0.25, 0.3) is 0 Å². The Balaban J connectivity index is 1.73. The van der Waals surface area contributed by atoms with Gasteiger partial charge >= 0.3 is 0 Å². The summed E-state index contributed by atoms with van der Waals surface area (Å²) in [5.74, 6) is 0.0188. The molecule has 0 aliphatic carbocycles. The fourth-order valence-corrected chi connectivity index (χ4v) is 4.23. The van der Waals surface area contributed by atoms with Crippen LogP contribution < -0.4 is 9.80 Å². The minimum Gasteiger partial charge on any atom is -0.336 e. The van der Waals surface area contributed by atoms with Gasteiger partial charge in [0.1, 0.15) is 17.5 Å². The molecule has 0 bridgehead atoms. The van der Waals surface area contributed by atoms with E-state index in [1.165, 1.54) is 0 Å². The van der Waals surface area contributed by atoms with Crippen LogP contribution in [-0.2, 0) is 9.59 Å². The van der Waals surface area contributed by atoms with Crippen LogP contribution in [0, 0.1) is 22.7 Å². The van der Waals surface area contributed by atoms with E-state index in [4.69, 9.17) is 5.26 Å². The van der Waals surface area contributed by atoms with Crippen LogP contribution in [0.4, 0.5) is 11.4 Å². The van der Waals surface area contributed by atoms with Crippen LogP contribution in [0.1, 0.15) is 43.9 Å². The van der Waals surface area contributed by atoms with Gasteiger partial charge in [-0.1, -0.05) is 24.3 Å². The molecule has 0 radical (unpaired) electrons. The molecule has 7 heteroatoms. The number of nitriles is 2. The third-order valence-corrected chi connectivity index (χ3v) is 6.07. The van der Waals surface area contributed by atoms with E-state index < -0.39 is 0 Å². The van der Waals surface area contributed by atoms with Crippen LogP contribution in [-0.4, -0.2) is 37.2 Å². The van der Waals surface area contributed by atoms with Crippen molar-refractivity contribution in [2.24, 2.45) is 0 Å². The van der Waals surface area contributed by atoms with Crippen molar-refractivity contribution in [3.05, 3.63) is 71.1 Å². The molecule has 1 heterocycles. The highest BCUT2D eigenvalue weighted by Gasteiger charge is 2.31. The first-order chi connectivity index (χ1) is 15.8. The number of allylic oxidation sites excluding steroid dienone is 1. The molecule has 1 aliphatic heterocycles. The SMILES string of the molecule is CCN(C(=O)CCC(=O)C(C#N)=C1N(C)c2ccccc2N1C)C(C)c1ccc(C#N)cc1. The van der Waals surface area contributed by atoms with E-state index in [0.29, 0.717) is 17.9 Å². The highest BCUT2D eigenvalue weighted by atomic mass is 16.2. The summed E-state index contributed by atoms with van der Waals surface area (Å²) in [6, 6.07) is 18.8. The second-order valence-electron chi connectivity index (χ2n) is 7.93. The Bertz CT molecular complexity index is 1140. The van der Waals surface area contributed by atoms with Crippen LogP contribution in [0.15, 0.2) is 59.9 Å². The van der Waals surface area contributed by atoms with E-state index in [9.17, 15) is 14.9 Å². The zero-order valence-corrected chi connectivity index (χ0v) is 19.4. The van der Waals surface area contributed by atoms with E-state index >= 15 is 0 Å². The lowest BCUT2D eigenvalue weighted by Gasteiger charge is -2.28. The zero-order valence-electron chi connectivity index (χ0n) is 19.4. The largest absolute Gasteiger partial charge is 0.336 e. The van der Waals surface area contributed by atoms with Crippen molar-refractivity contribution in [1.29, 1.82) is 10.5 Å². The van der Waals surface area contributed by atoms with Gasteiger partial charge in [-0.3, -0.25) is 9.59 Å². The average Bonchev–Trinajstić information content (AvgIpc) is 3.09. The number of rotatable bonds is 7. The van der Waals surface area contributed by atoms with Crippen molar-refractivity contribution < 1.29 is 9.59 Å². The number of Topliss-reactive ketones (excluding diaryl/α,β-unsaturated/α-hetero) is 1. The Kier molecular flexibility index (Phi) is 7.15. The van der Waals surface area contributed by atoms with E-state index in [-0.39, 0.29) is 36.1 Å². The third kappa shape index (κ3) is 4.58. The van der Waals surface area contributed by atoms with Crippen LogP contribution in [0.25, 0.3) is 0 Å². The number of fused-ring (bicyclic) bond motifs is 1. The standard InChI is InChI=1S/C26H27N5O2/c1-5-31(18(2)20-12-10-19(16-27)11-13-20)25(33)15-14-24(32)21(17-28)26-29(3)22-8-6-7-9-23(22)30(26)4/h6-13,18H,5,14-15H2,1-4H3. The first kappa shape index (κ1) is 23.6. The molecule has 1 amide bonds. The summed E-state index contributed by atoms with van der Waals surface area (Å²) < 4.78 is 0. The van der Waals surface area contributed by atoms with Gasteiger partial charge in [0.2, 0.25) is 5.91 Å². The molecular weight excluding hydrogens is 414 g/mol. The number of carbonyl (C=O) groups is 2. The maximum Gasteiger partial charge on any atom is 0.223 e. The molecule has 0 saturated carbocycles. The second-order valence-corrected chi connectivity index (χ2v) is 7.93. The molecule has 1 unspecified atom stereocenters. The van der Waals surface area contributed by atoms with E-state index in [1.807, 2.05) is 74.1 Å². The van der Waals surface area contributed by atoms with Gasteiger partial charge in [-0.05, 0) is 43.7 Å². The summed E-state index contributed by atoms with van der Waals surface area (Å²) in [6.45, 7) is 4.30. The van der Waals surface area contributed by atoms with Gasteiger partial charge in [-0.15, -0.1) is 0 Å². The highest BCUT2D eigenvalue weighted by molar-refractivity contribution is 6.03. The van der Waals surface area contributed by atoms with Crippen LogP contribution in [0.3, 0.4) is 0 Å². The number of benzene rings is 2. The maximum absolute atomic E-state index is 13.0. The maximum atomic E-state index is 13.0. The second kappa shape index (κ2) is 10.0. The van der Waals surface area contributed by atoms with E-state index in [0.717, 1.165) is 16.9 Å². The van der Waals surface area contributed by atoms with Gasteiger partial charge in [0.15, 0.2) is 5.78 Å². The highest BCUT2D eigenvalue weighted by Crippen LogP contribution is 2.40. The van der Waals surface area contributed by atoms with Crippen molar-refractivity contribution in [2.45, 2.75) is 32.7 Å². The Morgan fingerprint density at radius 2 is 1.55 bits per heavy atom. The van der Waals surface area contributed by atoms with Crippen molar-refractivity contribution in [1.82, 2.24) is 4.90 Å². The molecule has 7 nitrogen and oxygen atoms in total. The number of amides is 1. The number of para-hydroxylation sites is 2. The van der Waals surface area contributed by atoms with Crippen molar-refractivity contribution in [2.75, 3.05) is 30.4 Å². The molecule has 33 heavy (non-hydrogen) atoms. The summed E-state index contributed by atoms with van der Waals surface area (Å²) in [5, 5.41) is 18.8. The monoisotopic (exact) mass is 441 g/mol. The molecule has 0 aromatic heterocycles. The fraction of sp³-hybridized carbons (Fsp3) is 0.308. The van der Waals surface area contributed by atoms with E-state index in [2.05, 4.69) is 12.1 Å². The number of nitrogens with zero attached hydrogens (tertiary/aromatic N) is 5. The van der Waals surface area contributed by atoms with E-state index in [1.54, 1.807) is 17.0 Å². The normalized spacial score (nSPS) is 13.1. The molecule has 0 saturated heterocycles. The minimum absolute atomic E-state index is 0.0200. The Hall–Kier alpha value is -4.10. The Labute approximate surface area is 194 Å². The lowest BCUT2D eigenvalue weighted by atomic mass is 10.0. The average molecular weight is 442 g/mol. The molecule has 2 aromatic carbocycles. The molecule has 0 spiro atoms. The molecule has 3 rings (SSSR count). The lowest BCUT2D eigenvalue weighted by molar-refractivity contribution is -0.134. The Morgan fingerprint density at radius 1 is 0.970 bits per heavy atom. The quantitative estimate of drug-likeness (QED) is 0.474. The molecule has 1 atom stereocenters. The fourth-order valence-electron chi connectivity index (χ4n) is 4.23. The molecule has 168 valence electrons. The van der Waals surface area contributed by atoms with Crippen LogP contribution in [0.2, 0.25) is 0 Å². The number of hydrogen-bond acceptors (Lipinski definition) is 6. The Morgan fingerprint density at radius 3 is 2.03 bits per heavy atom. The van der Waals surface area contributed by atoms with Gasteiger partial charge in [-0.2, -0.15) is 10.5 Å². The van der Waals surface area contributed by atoms with Crippen molar-refractivity contribution in [3.8, 4) is 12.1 Å². The van der Waals surface area contributed by atoms with Gasteiger partial charge < -0.3 is 14.7 Å². The predicted molar refractivity (Wildman–Crippen MR) is 127 cm³/mol. The minimum atomic E-state index is -0.352. The van der Waals surface area contributed by atoms with Crippen molar-refractivity contribution >= 4 is 23.1 Å². The number of anilines is 2. The molecule has 1 aliphatic rings. The van der Waals surface area contributed by atoms with Crippen molar-refractivity contribution in [3.63, 3.8) is 0 Å². The number of hydrogen-bond donors (Lipinski definition) is 0. The smallest absolute Gasteiger partial charge is 0.223 e. The zero-order chi connectivity index (χ0) is 24.1. The first-order valence-corrected chi connectivity index (χ1v) is 10.9. The summed E-state index contributed by atoms with van der Waals surface area (Å²) in [7, 11) is 3.65. The summed E-state index contributed by atoms with van der Waals surface area (Å²) in [6.07, 6.45) is -0.0219. The van der Waals surface area contributed by atoms with Gasteiger partial charge in [0, 0.05) is 33.5 Å². The molecule has 0 N–H and O–H groups in total. The molecular formula is C26H27N5O2. The summed E-state index contributed by atoms with van der Waals surface area (Å²) in [5.41, 5.74) is 3.36. The van der Waals surface area contributed by atoms with Crippen LogP contribution in [0.5, 0.6) is 0 Å². The number of ketones is 1. The topological polar surface area (TPSA) is 91.4 Å². The molecule has 2 aromatic rings. The summed E-state index contributed by atoms with van der Waals surface area (Å²) in [4.78, 5) is 31.3. The molecule has 0 fully saturated rings.